The van der Waals surface area contributed by atoms with Crippen LogP contribution in [0, 0.1) is 5.92 Å². The zero-order valence-electron chi connectivity index (χ0n) is 11.9. The van der Waals surface area contributed by atoms with Crippen molar-refractivity contribution in [2.75, 3.05) is 0 Å². The van der Waals surface area contributed by atoms with Crippen molar-refractivity contribution >= 4 is 5.65 Å². The molecule has 0 amide bonds. The lowest BCUT2D eigenvalue weighted by atomic mass is 10.1. The number of hydrogen-bond donors (Lipinski definition) is 2. The van der Waals surface area contributed by atoms with Crippen LogP contribution in [0.25, 0.3) is 16.8 Å². The Labute approximate surface area is 129 Å². The number of aromatic nitrogens is 3. The molecule has 1 aliphatic carbocycles. The molecule has 3 aromatic rings. The zero-order valence-corrected chi connectivity index (χ0v) is 11.9. The van der Waals surface area contributed by atoms with Crippen molar-refractivity contribution in [1.82, 2.24) is 14.6 Å². The van der Waals surface area contributed by atoms with E-state index in [4.69, 9.17) is 0 Å². The lowest BCUT2D eigenvalue weighted by Gasteiger charge is -2.05. The van der Waals surface area contributed by atoms with Gasteiger partial charge in [0.05, 0.1) is 0 Å². The SMILES string of the molecule is Oc1ccc(-c2ccn3c(CC4CC4(F)F)nnc3c2)cc1O. The average molecular weight is 317 g/mol. The number of halogens is 2. The molecule has 0 radical (unpaired) electrons. The molecule has 0 bridgehead atoms. The van der Waals surface area contributed by atoms with Gasteiger partial charge < -0.3 is 10.2 Å². The number of rotatable bonds is 3. The maximum Gasteiger partial charge on any atom is 0.252 e. The molecule has 23 heavy (non-hydrogen) atoms. The lowest BCUT2D eigenvalue weighted by Crippen LogP contribution is -2.01. The maximum atomic E-state index is 13.0. The van der Waals surface area contributed by atoms with Crippen LogP contribution in [0.3, 0.4) is 0 Å². The van der Waals surface area contributed by atoms with E-state index < -0.39 is 11.8 Å². The Morgan fingerprint density at radius 3 is 2.52 bits per heavy atom. The third-order valence-electron chi connectivity index (χ3n) is 4.17. The number of phenols is 2. The van der Waals surface area contributed by atoms with Crippen molar-refractivity contribution in [1.29, 1.82) is 0 Å². The Kier molecular flexibility index (Phi) is 2.81. The van der Waals surface area contributed by atoms with Crippen LogP contribution >= 0.6 is 0 Å². The van der Waals surface area contributed by atoms with Gasteiger partial charge in [-0.3, -0.25) is 4.40 Å². The van der Waals surface area contributed by atoms with Crippen molar-refractivity contribution in [2.24, 2.45) is 5.92 Å². The third kappa shape index (κ3) is 2.38. The van der Waals surface area contributed by atoms with Gasteiger partial charge in [-0.15, -0.1) is 10.2 Å². The highest BCUT2D eigenvalue weighted by Crippen LogP contribution is 2.50. The molecule has 1 fully saturated rings. The minimum Gasteiger partial charge on any atom is -0.504 e. The zero-order chi connectivity index (χ0) is 16.2. The number of nitrogens with zero attached hydrogens (tertiary/aromatic N) is 3. The first-order valence-corrected chi connectivity index (χ1v) is 7.18. The van der Waals surface area contributed by atoms with E-state index in [0.29, 0.717) is 17.0 Å². The van der Waals surface area contributed by atoms with Crippen molar-refractivity contribution in [3.8, 4) is 22.6 Å². The van der Waals surface area contributed by atoms with Crippen LogP contribution in [0.5, 0.6) is 11.5 Å². The van der Waals surface area contributed by atoms with Gasteiger partial charge in [0.15, 0.2) is 17.1 Å². The summed E-state index contributed by atoms with van der Waals surface area (Å²) in [4.78, 5) is 0. The van der Waals surface area contributed by atoms with Gasteiger partial charge in [-0.2, -0.15) is 0 Å². The summed E-state index contributed by atoms with van der Waals surface area (Å²) in [6.45, 7) is 0. The predicted octanol–water partition coefficient (Wildman–Crippen LogP) is 3.01. The fourth-order valence-electron chi connectivity index (χ4n) is 2.67. The molecular formula is C16H13F2N3O2. The van der Waals surface area contributed by atoms with E-state index in [1.54, 1.807) is 28.8 Å². The molecule has 1 aliphatic rings. The Hall–Kier alpha value is -2.70. The topological polar surface area (TPSA) is 70.7 Å². The maximum absolute atomic E-state index is 13.0. The number of hydrogen-bond acceptors (Lipinski definition) is 4. The molecule has 0 saturated heterocycles. The quantitative estimate of drug-likeness (QED) is 0.729. The summed E-state index contributed by atoms with van der Waals surface area (Å²) in [6, 6.07) is 8.06. The standard InChI is InChI=1S/C16H13F2N3O2/c17-16(18)8-11(16)7-15-20-19-14-6-10(3-4-21(14)15)9-1-2-12(22)13(23)5-9/h1-6,11,22-23H,7-8H2. The summed E-state index contributed by atoms with van der Waals surface area (Å²) in [5.41, 5.74) is 2.04. The van der Waals surface area contributed by atoms with Crippen LogP contribution in [0.2, 0.25) is 0 Å². The van der Waals surface area contributed by atoms with Gasteiger partial charge in [0.25, 0.3) is 5.92 Å². The summed E-state index contributed by atoms with van der Waals surface area (Å²) < 4.78 is 27.8. The van der Waals surface area contributed by atoms with Gasteiger partial charge in [0, 0.05) is 25.0 Å². The molecular weight excluding hydrogens is 304 g/mol. The molecule has 2 heterocycles. The number of fused-ring (bicyclic) bond motifs is 1. The lowest BCUT2D eigenvalue weighted by molar-refractivity contribution is 0.0984. The van der Waals surface area contributed by atoms with Crippen LogP contribution in [-0.4, -0.2) is 30.7 Å². The van der Waals surface area contributed by atoms with Crippen LogP contribution in [-0.2, 0) is 6.42 Å². The van der Waals surface area contributed by atoms with Crippen molar-refractivity contribution in [2.45, 2.75) is 18.8 Å². The Balaban J connectivity index is 1.68. The second kappa shape index (κ2) is 4.65. The summed E-state index contributed by atoms with van der Waals surface area (Å²) in [6.07, 6.45) is 1.84. The van der Waals surface area contributed by atoms with Crippen LogP contribution in [0.4, 0.5) is 8.78 Å². The van der Waals surface area contributed by atoms with E-state index in [-0.39, 0.29) is 24.3 Å². The summed E-state index contributed by atoms with van der Waals surface area (Å²) in [5.74, 6) is -3.11. The molecule has 1 atom stereocenters. The molecule has 0 aliphatic heterocycles. The molecule has 118 valence electrons. The molecule has 1 saturated carbocycles. The third-order valence-corrected chi connectivity index (χ3v) is 4.17. The smallest absolute Gasteiger partial charge is 0.252 e. The largest absolute Gasteiger partial charge is 0.504 e. The minimum absolute atomic E-state index is 0.0905. The summed E-state index contributed by atoms with van der Waals surface area (Å²) in [5, 5.41) is 27.0. The summed E-state index contributed by atoms with van der Waals surface area (Å²) >= 11 is 0. The average Bonchev–Trinajstić information content (AvgIpc) is 2.93. The molecule has 7 heteroatoms. The van der Waals surface area contributed by atoms with Gasteiger partial charge in [-0.1, -0.05) is 6.07 Å². The van der Waals surface area contributed by atoms with Gasteiger partial charge >= 0.3 is 0 Å². The first-order valence-electron chi connectivity index (χ1n) is 7.18. The van der Waals surface area contributed by atoms with Gasteiger partial charge in [-0.05, 0) is 35.4 Å². The highest BCUT2D eigenvalue weighted by Gasteiger charge is 2.56. The second-order valence-corrected chi connectivity index (χ2v) is 5.83. The Morgan fingerprint density at radius 2 is 1.83 bits per heavy atom. The molecule has 2 aromatic heterocycles. The second-order valence-electron chi connectivity index (χ2n) is 5.83. The highest BCUT2D eigenvalue weighted by molar-refractivity contribution is 5.69. The van der Waals surface area contributed by atoms with Crippen LogP contribution in [0.15, 0.2) is 36.5 Å². The number of phenolic OH excluding ortho intramolecular Hbond substituents is 2. The number of aromatic hydroxyl groups is 2. The van der Waals surface area contributed by atoms with E-state index in [1.807, 2.05) is 0 Å². The molecule has 1 aromatic carbocycles. The monoisotopic (exact) mass is 317 g/mol. The van der Waals surface area contributed by atoms with Crippen LogP contribution < -0.4 is 0 Å². The fraction of sp³-hybridized carbons (Fsp3) is 0.250. The van der Waals surface area contributed by atoms with Gasteiger partial charge in [-0.25, -0.2) is 8.78 Å². The van der Waals surface area contributed by atoms with E-state index in [0.717, 1.165) is 5.56 Å². The number of pyridine rings is 1. The normalized spacial score (nSPS) is 19.1. The summed E-state index contributed by atoms with van der Waals surface area (Å²) in [7, 11) is 0. The molecule has 4 rings (SSSR count). The molecule has 5 nitrogen and oxygen atoms in total. The Morgan fingerprint density at radius 1 is 1.09 bits per heavy atom. The van der Waals surface area contributed by atoms with Gasteiger partial charge in [0.1, 0.15) is 5.82 Å². The molecule has 0 spiro atoms. The molecule has 2 N–H and O–H groups in total. The van der Waals surface area contributed by atoms with Crippen molar-refractivity contribution < 1.29 is 19.0 Å². The number of benzene rings is 1. The van der Waals surface area contributed by atoms with Gasteiger partial charge in [0.2, 0.25) is 0 Å². The molecule has 1 unspecified atom stereocenters. The first-order chi connectivity index (χ1) is 10.9. The fourth-order valence-corrected chi connectivity index (χ4v) is 2.67. The van der Waals surface area contributed by atoms with Crippen molar-refractivity contribution in [3.63, 3.8) is 0 Å². The van der Waals surface area contributed by atoms with E-state index >= 15 is 0 Å². The number of alkyl halides is 2. The van der Waals surface area contributed by atoms with Crippen LogP contribution in [0.1, 0.15) is 12.2 Å². The predicted molar refractivity (Wildman–Crippen MR) is 78.5 cm³/mol. The van der Waals surface area contributed by atoms with E-state index in [2.05, 4.69) is 10.2 Å². The first kappa shape index (κ1) is 13.9. The van der Waals surface area contributed by atoms with Crippen molar-refractivity contribution in [3.05, 3.63) is 42.4 Å². The van der Waals surface area contributed by atoms with E-state index in [1.165, 1.54) is 12.1 Å². The highest BCUT2D eigenvalue weighted by atomic mass is 19.3. The Bertz CT molecular complexity index is 907. The van der Waals surface area contributed by atoms with E-state index in [9.17, 15) is 19.0 Å². The minimum atomic E-state index is -2.57.